The molecule has 6 nitrogen and oxygen atoms in total. The van der Waals surface area contributed by atoms with E-state index in [0.717, 1.165) is 4.31 Å². The molecule has 0 fully saturated rings. The maximum atomic E-state index is 12.6. The first kappa shape index (κ1) is 16.4. The summed E-state index contributed by atoms with van der Waals surface area (Å²) in [6.45, 7) is 0. The molecular weight excluding hydrogens is 328 g/mol. The van der Waals surface area contributed by atoms with Crippen molar-refractivity contribution in [3.63, 3.8) is 0 Å². The van der Waals surface area contributed by atoms with Crippen LogP contribution in [0.4, 0.5) is 5.82 Å². The SMILES string of the molecule is COc1ccc(S(=O)(=O)N(C)c2ccc(Cl)cn2)cc1OC. The Hall–Kier alpha value is -1.99. The zero-order valence-electron chi connectivity index (χ0n) is 12.3. The van der Waals surface area contributed by atoms with Gasteiger partial charge >= 0.3 is 0 Å². The lowest BCUT2D eigenvalue weighted by atomic mass is 10.3. The largest absolute Gasteiger partial charge is 0.493 e. The van der Waals surface area contributed by atoms with Crippen molar-refractivity contribution in [2.45, 2.75) is 4.90 Å². The van der Waals surface area contributed by atoms with E-state index in [9.17, 15) is 8.42 Å². The predicted octanol–water partition coefficient (Wildman–Crippen LogP) is 2.58. The quantitative estimate of drug-likeness (QED) is 0.835. The van der Waals surface area contributed by atoms with Gasteiger partial charge in [-0.25, -0.2) is 13.4 Å². The van der Waals surface area contributed by atoms with Gasteiger partial charge in [-0.15, -0.1) is 0 Å². The Morgan fingerprint density at radius 2 is 1.77 bits per heavy atom. The number of hydrogen-bond donors (Lipinski definition) is 0. The number of pyridine rings is 1. The highest BCUT2D eigenvalue weighted by Gasteiger charge is 2.23. The van der Waals surface area contributed by atoms with Gasteiger partial charge in [0.25, 0.3) is 10.0 Å². The molecule has 0 amide bonds. The predicted molar refractivity (Wildman–Crippen MR) is 84.4 cm³/mol. The molecule has 0 atom stereocenters. The Morgan fingerprint density at radius 3 is 2.32 bits per heavy atom. The first-order valence-corrected chi connectivity index (χ1v) is 8.04. The van der Waals surface area contributed by atoms with Gasteiger partial charge in [0.2, 0.25) is 0 Å². The number of benzene rings is 1. The van der Waals surface area contributed by atoms with E-state index in [2.05, 4.69) is 4.98 Å². The van der Waals surface area contributed by atoms with E-state index in [1.807, 2.05) is 0 Å². The lowest BCUT2D eigenvalue weighted by Gasteiger charge is -2.19. The van der Waals surface area contributed by atoms with E-state index < -0.39 is 10.0 Å². The summed E-state index contributed by atoms with van der Waals surface area (Å²) in [6.07, 6.45) is 1.39. The molecule has 22 heavy (non-hydrogen) atoms. The molecule has 0 spiro atoms. The maximum absolute atomic E-state index is 12.6. The molecule has 0 saturated carbocycles. The van der Waals surface area contributed by atoms with Crippen LogP contribution < -0.4 is 13.8 Å². The Bertz CT molecular complexity index is 763. The van der Waals surface area contributed by atoms with Crippen molar-refractivity contribution in [3.05, 3.63) is 41.6 Å². The van der Waals surface area contributed by atoms with Gasteiger partial charge < -0.3 is 9.47 Å². The van der Waals surface area contributed by atoms with E-state index in [4.69, 9.17) is 21.1 Å². The number of hydrogen-bond acceptors (Lipinski definition) is 5. The van der Waals surface area contributed by atoms with Crippen molar-refractivity contribution < 1.29 is 17.9 Å². The molecule has 118 valence electrons. The number of sulfonamides is 1. The Labute approximate surface area is 134 Å². The number of methoxy groups -OCH3 is 2. The topological polar surface area (TPSA) is 68.7 Å². The van der Waals surface area contributed by atoms with Crippen molar-refractivity contribution in [2.75, 3.05) is 25.6 Å². The second-order valence-corrected chi connectivity index (χ2v) is 6.73. The second kappa shape index (κ2) is 6.41. The molecule has 1 aromatic carbocycles. The molecular formula is C14H15ClN2O4S. The van der Waals surface area contributed by atoms with Gasteiger partial charge in [0.15, 0.2) is 11.5 Å². The minimum absolute atomic E-state index is 0.0735. The molecule has 0 radical (unpaired) electrons. The van der Waals surface area contributed by atoms with Crippen molar-refractivity contribution >= 4 is 27.4 Å². The summed E-state index contributed by atoms with van der Waals surface area (Å²) in [4.78, 5) is 4.08. The summed E-state index contributed by atoms with van der Waals surface area (Å²) in [7, 11) is 0.574. The van der Waals surface area contributed by atoms with Crippen LogP contribution >= 0.6 is 11.6 Å². The Kier molecular flexibility index (Phi) is 4.77. The van der Waals surface area contributed by atoms with Crippen LogP contribution in [0.3, 0.4) is 0 Å². The molecule has 2 aromatic rings. The smallest absolute Gasteiger partial charge is 0.265 e. The van der Waals surface area contributed by atoms with E-state index >= 15 is 0 Å². The fourth-order valence-corrected chi connectivity index (χ4v) is 3.09. The van der Waals surface area contributed by atoms with Gasteiger partial charge in [-0.05, 0) is 24.3 Å². The van der Waals surface area contributed by atoms with Crippen molar-refractivity contribution in [2.24, 2.45) is 0 Å². The van der Waals surface area contributed by atoms with Gasteiger partial charge in [0, 0.05) is 19.3 Å². The summed E-state index contributed by atoms with van der Waals surface area (Å²) >= 11 is 5.76. The summed E-state index contributed by atoms with van der Waals surface area (Å²) < 4.78 is 36.6. The third kappa shape index (κ3) is 3.10. The highest BCUT2D eigenvalue weighted by molar-refractivity contribution is 7.92. The second-order valence-electron chi connectivity index (χ2n) is 4.32. The fourth-order valence-electron chi connectivity index (χ4n) is 1.81. The number of halogens is 1. The maximum Gasteiger partial charge on any atom is 0.265 e. The number of rotatable bonds is 5. The average molecular weight is 343 g/mol. The van der Waals surface area contributed by atoms with E-state index in [0.29, 0.717) is 16.5 Å². The number of ether oxygens (including phenoxy) is 2. The molecule has 8 heteroatoms. The lowest BCUT2D eigenvalue weighted by Crippen LogP contribution is -2.27. The minimum Gasteiger partial charge on any atom is -0.493 e. The molecule has 0 bridgehead atoms. The summed E-state index contributed by atoms with van der Waals surface area (Å²) in [5.41, 5.74) is 0. The Balaban J connectivity index is 2.43. The molecule has 0 aliphatic rings. The molecule has 0 saturated heterocycles. The van der Waals surface area contributed by atoms with Gasteiger partial charge in [0.1, 0.15) is 5.82 Å². The molecule has 0 N–H and O–H groups in total. The van der Waals surface area contributed by atoms with Gasteiger partial charge in [-0.3, -0.25) is 4.31 Å². The van der Waals surface area contributed by atoms with Crippen LogP contribution in [0.2, 0.25) is 5.02 Å². The van der Waals surface area contributed by atoms with E-state index in [-0.39, 0.29) is 10.7 Å². The highest BCUT2D eigenvalue weighted by atomic mass is 35.5. The Morgan fingerprint density at radius 1 is 1.09 bits per heavy atom. The molecule has 2 rings (SSSR count). The zero-order chi connectivity index (χ0) is 16.3. The molecule has 0 aliphatic heterocycles. The molecule has 1 heterocycles. The zero-order valence-corrected chi connectivity index (χ0v) is 13.9. The van der Waals surface area contributed by atoms with E-state index in [1.165, 1.54) is 51.7 Å². The van der Waals surface area contributed by atoms with Crippen LogP contribution in [-0.2, 0) is 10.0 Å². The monoisotopic (exact) mass is 342 g/mol. The minimum atomic E-state index is -3.77. The van der Waals surface area contributed by atoms with Crippen LogP contribution in [0, 0.1) is 0 Å². The third-order valence-corrected chi connectivity index (χ3v) is 5.03. The molecule has 1 aromatic heterocycles. The van der Waals surface area contributed by atoms with Gasteiger partial charge in [0.05, 0.1) is 24.1 Å². The van der Waals surface area contributed by atoms with Crippen LogP contribution in [0.15, 0.2) is 41.4 Å². The average Bonchev–Trinajstić information content (AvgIpc) is 2.54. The molecule has 0 aliphatic carbocycles. The van der Waals surface area contributed by atoms with Crippen molar-refractivity contribution in [1.29, 1.82) is 0 Å². The lowest BCUT2D eigenvalue weighted by molar-refractivity contribution is 0.354. The number of aromatic nitrogens is 1. The molecule has 0 unspecified atom stereocenters. The first-order chi connectivity index (χ1) is 10.4. The number of nitrogens with zero attached hydrogens (tertiary/aromatic N) is 2. The van der Waals surface area contributed by atoms with Crippen LogP contribution in [-0.4, -0.2) is 34.7 Å². The van der Waals surface area contributed by atoms with Gasteiger partial charge in [-0.1, -0.05) is 11.6 Å². The van der Waals surface area contributed by atoms with E-state index in [1.54, 1.807) is 6.07 Å². The summed E-state index contributed by atoms with van der Waals surface area (Å²) in [6, 6.07) is 7.49. The highest BCUT2D eigenvalue weighted by Crippen LogP contribution is 2.31. The van der Waals surface area contributed by atoms with Crippen LogP contribution in [0.5, 0.6) is 11.5 Å². The third-order valence-electron chi connectivity index (χ3n) is 3.05. The standard InChI is InChI=1S/C14H15ClN2O4S/c1-17(14-7-4-10(15)9-16-14)22(18,19)11-5-6-12(20-2)13(8-11)21-3/h4-9H,1-3H3. The fraction of sp³-hybridized carbons (Fsp3) is 0.214. The van der Waals surface area contributed by atoms with Crippen LogP contribution in [0.1, 0.15) is 0 Å². The first-order valence-electron chi connectivity index (χ1n) is 6.22. The summed E-state index contributed by atoms with van der Waals surface area (Å²) in [5, 5.41) is 0.431. The van der Waals surface area contributed by atoms with Crippen molar-refractivity contribution in [1.82, 2.24) is 4.98 Å². The van der Waals surface area contributed by atoms with Crippen molar-refractivity contribution in [3.8, 4) is 11.5 Å². The van der Waals surface area contributed by atoms with Crippen LogP contribution in [0.25, 0.3) is 0 Å². The summed E-state index contributed by atoms with van der Waals surface area (Å²) in [5.74, 6) is 1.05. The van der Waals surface area contributed by atoms with Gasteiger partial charge in [-0.2, -0.15) is 0 Å². The normalized spacial score (nSPS) is 11.1. The number of anilines is 1.